The van der Waals surface area contributed by atoms with Crippen LogP contribution < -0.4 is 5.32 Å². The van der Waals surface area contributed by atoms with Gasteiger partial charge in [-0.05, 0) is 37.0 Å². The lowest BCUT2D eigenvalue weighted by molar-refractivity contribution is -0.155. The zero-order chi connectivity index (χ0) is 14.5. The maximum absolute atomic E-state index is 12.9. The van der Waals surface area contributed by atoms with Crippen LogP contribution >= 0.6 is 0 Å². The highest BCUT2D eigenvalue weighted by Crippen LogP contribution is 2.52. The smallest absolute Gasteiger partial charge is 0.249 e. The Balaban J connectivity index is 1.82. The Bertz CT molecular complexity index is 438. The monoisotopic (exact) mass is 278 g/mol. The number of nitrogens with zero attached hydrogens (tertiary/aromatic N) is 1. The highest BCUT2D eigenvalue weighted by atomic mass is 16.2. The molecule has 3 fully saturated rings. The van der Waals surface area contributed by atoms with Crippen LogP contribution in [0.15, 0.2) is 0 Å². The van der Waals surface area contributed by atoms with Gasteiger partial charge >= 0.3 is 0 Å². The minimum atomic E-state index is -0.568. The molecule has 4 heteroatoms. The summed E-state index contributed by atoms with van der Waals surface area (Å²) >= 11 is 0. The van der Waals surface area contributed by atoms with Gasteiger partial charge in [-0.1, -0.05) is 33.6 Å². The second-order valence-electron chi connectivity index (χ2n) is 7.55. The van der Waals surface area contributed by atoms with Gasteiger partial charge in [0.05, 0.1) is 0 Å². The molecule has 3 aliphatic rings. The number of hydrogen-bond acceptors (Lipinski definition) is 2. The summed E-state index contributed by atoms with van der Waals surface area (Å²) in [6.07, 6.45) is 5.61. The van der Waals surface area contributed by atoms with E-state index in [1.807, 2.05) is 11.8 Å². The Labute approximate surface area is 121 Å². The normalized spacial score (nSPS) is 34.5. The molecular weight excluding hydrogens is 252 g/mol. The fraction of sp³-hybridized carbons (Fsp3) is 0.875. The fourth-order valence-electron chi connectivity index (χ4n) is 3.99. The van der Waals surface area contributed by atoms with Crippen molar-refractivity contribution in [2.45, 2.75) is 70.9 Å². The Hall–Kier alpha value is -1.06. The van der Waals surface area contributed by atoms with Crippen molar-refractivity contribution in [3.8, 4) is 0 Å². The van der Waals surface area contributed by atoms with Gasteiger partial charge in [-0.3, -0.25) is 9.59 Å². The van der Waals surface area contributed by atoms with Crippen LogP contribution in [0.25, 0.3) is 0 Å². The summed E-state index contributed by atoms with van der Waals surface area (Å²) in [7, 11) is 0. The van der Waals surface area contributed by atoms with E-state index in [1.54, 1.807) is 0 Å². The van der Waals surface area contributed by atoms with Crippen LogP contribution in [0.5, 0.6) is 0 Å². The molecule has 0 aromatic rings. The molecule has 1 aliphatic heterocycles. The van der Waals surface area contributed by atoms with E-state index in [-0.39, 0.29) is 17.9 Å². The Kier molecular flexibility index (Phi) is 3.11. The lowest BCUT2D eigenvalue weighted by Gasteiger charge is -2.44. The Morgan fingerprint density at radius 2 is 1.85 bits per heavy atom. The van der Waals surface area contributed by atoms with Gasteiger partial charge in [-0.25, -0.2) is 0 Å². The predicted molar refractivity (Wildman–Crippen MR) is 77.0 cm³/mol. The number of carbonyl (C=O) groups excluding carboxylic acids is 2. The minimum Gasteiger partial charge on any atom is -0.340 e. The van der Waals surface area contributed by atoms with Crippen molar-refractivity contribution in [3.63, 3.8) is 0 Å². The number of amides is 2. The molecule has 1 heterocycles. The van der Waals surface area contributed by atoms with Gasteiger partial charge in [0.1, 0.15) is 11.6 Å². The lowest BCUT2D eigenvalue weighted by Crippen LogP contribution is -2.69. The molecule has 0 aromatic carbocycles. The van der Waals surface area contributed by atoms with Crippen molar-refractivity contribution in [2.24, 2.45) is 11.3 Å². The van der Waals surface area contributed by atoms with Gasteiger partial charge in [0.15, 0.2) is 0 Å². The molecule has 1 saturated heterocycles. The second-order valence-corrected chi connectivity index (χ2v) is 7.55. The summed E-state index contributed by atoms with van der Waals surface area (Å²) < 4.78 is 0. The highest BCUT2D eigenvalue weighted by Gasteiger charge is 2.54. The van der Waals surface area contributed by atoms with Gasteiger partial charge in [0.25, 0.3) is 0 Å². The molecule has 0 bridgehead atoms. The van der Waals surface area contributed by atoms with E-state index in [0.29, 0.717) is 17.8 Å². The van der Waals surface area contributed by atoms with Crippen LogP contribution in [-0.2, 0) is 9.59 Å². The molecule has 1 spiro atoms. The highest BCUT2D eigenvalue weighted by molar-refractivity contribution is 6.00. The first kappa shape index (κ1) is 13.9. The molecule has 20 heavy (non-hydrogen) atoms. The second kappa shape index (κ2) is 4.47. The van der Waals surface area contributed by atoms with Crippen molar-refractivity contribution < 1.29 is 9.59 Å². The first-order chi connectivity index (χ1) is 9.39. The molecule has 2 unspecified atom stereocenters. The maximum atomic E-state index is 12.9. The molecule has 0 radical (unpaired) electrons. The zero-order valence-corrected chi connectivity index (χ0v) is 12.9. The predicted octanol–water partition coefficient (Wildman–Crippen LogP) is 2.08. The molecular formula is C16H26N2O2. The van der Waals surface area contributed by atoms with E-state index in [1.165, 1.54) is 6.42 Å². The van der Waals surface area contributed by atoms with Crippen LogP contribution in [0.4, 0.5) is 0 Å². The van der Waals surface area contributed by atoms with E-state index < -0.39 is 5.54 Å². The van der Waals surface area contributed by atoms with Gasteiger partial charge in [0.2, 0.25) is 11.8 Å². The number of carbonyl (C=O) groups is 2. The zero-order valence-electron chi connectivity index (χ0n) is 12.9. The summed E-state index contributed by atoms with van der Waals surface area (Å²) in [5.41, 5.74) is -0.225. The quantitative estimate of drug-likeness (QED) is 0.859. The van der Waals surface area contributed by atoms with Crippen LogP contribution in [0.2, 0.25) is 0 Å². The first-order valence-corrected chi connectivity index (χ1v) is 8.03. The average molecular weight is 278 g/mol. The van der Waals surface area contributed by atoms with Crippen molar-refractivity contribution in [2.75, 3.05) is 6.54 Å². The molecule has 0 aromatic heterocycles. The summed E-state index contributed by atoms with van der Waals surface area (Å²) in [6, 6.07) is -0.259. The molecule has 2 aliphatic carbocycles. The van der Waals surface area contributed by atoms with E-state index in [0.717, 1.165) is 32.2 Å². The van der Waals surface area contributed by atoms with E-state index in [2.05, 4.69) is 19.2 Å². The van der Waals surface area contributed by atoms with Crippen molar-refractivity contribution in [1.82, 2.24) is 10.2 Å². The van der Waals surface area contributed by atoms with Crippen molar-refractivity contribution in [1.29, 1.82) is 0 Å². The summed E-state index contributed by atoms with van der Waals surface area (Å²) in [4.78, 5) is 27.3. The summed E-state index contributed by atoms with van der Waals surface area (Å²) in [5, 5.41) is 3.06. The third kappa shape index (κ3) is 2.04. The van der Waals surface area contributed by atoms with Gasteiger partial charge in [0, 0.05) is 6.54 Å². The number of hydrogen-bond donors (Lipinski definition) is 1. The molecule has 1 N–H and O–H groups in total. The molecule has 2 amide bonds. The molecule has 2 saturated carbocycles. The lowest BCUT2D eigenvalue weighted by atomic mass is 9.89. The first-order valence-electron chi connectivity index (χ1n) is 8.03. The SMILES string of the molecule is CCC1C(=O)NC2(CCCC2)C(=O)N1CC1CC1(C)C. The number of rotatable bonds is 3. The molecule has 112 valence electrons. The third-order valence-corrected chi connectivity index (χ3v) is 5.69. The number of nitrogens with one attached hydrogen (secondary N) is 1. The van der Waals surface area contributed by atoms with Gasteiger partial charge in [-0.2, -0.15) is 0 Å². The van der Waals surface area contributed by atoms with Gasteiger partial charge in [-0.15, -0.1) is 0 Å². The standard InChI is InChI=1S/C16H26N2O2/c1-4-12-13(19)17-16(7-5-6-8-16)14(20)18(12)10-11-9-15(11,2)3/h11-12H,4-10H2,1-3H3,(H,17,19). The minimum absolute atomic E-state index is 0.0625. The molecule has 2 atom stereocenters. The summed E-state index contributed by atoms with van der Waals surface area (Å²) in [6.45, 7) is 7.26. The van der Waals surface area contributed by atoms with Crippen LogP contribution in [0, 0.1) is 11.3 Å². The van der Waals surface area contributed by atoms with E-state index in [4.69, 9.17) is 0 Å². The fourth-order valence-corrected chi connectivity index (χ4v) is 3.99. The molecule has 3 rings (SSSR count). The van der Waals surface area contributed by atoms with Crippen molar-refractivity contribution in [3.05, 3.63) is 0 Å². The van der Waals surface area contributed by atoms with E-state index >= 15 is 0 Å². The maximum Gasteiger partial charge on any atom is 0.249 e. The van der Waals surface area contributed by atoms with Crippen LogP contribution in [-0.4, -0.2) is 34.8 Å². The van der Waals surface area contributed by atoms with Crippen molar-refractivity contribution >= 4 is 11.8 Å². The molecule has 4 nitrogen and oxygen atoms in total. The third-order valence-electron chi connectivity index (χ3n) is 5.69. The summed E-state index contributed by atoms with van der Waals surface area (Å²) in [5.74, 6) is 0.807. The average Bonchev–Trinajstić information content (AvgIpc) is 2.78. The van der Waals surface area contributed by atoms with Crippen LogP contribution in [0.1, 0.15) is 59.3 Å². The largest absolute Gasteiger partial charge is 0.340 e. The Morgan fingerprint density at radius 1 is 1.25 bits per heavy atom. The topological polar surface area (TPSA) is 49.4 Å². The van der Waals surface area contributed by atoms with E-state index in [9.17, 15) is 9.59 Å². The number of piperazine rings is 1. The van der Waals surface area contributed by atoms with Crippen LogP contribution in [0.3, 0.4) is 0 Å². The Morgan fingerprint density at radius 3 is 2.35 bits per heavy atom. The van der Waals surface area contributed by atoms with Gasteiger partial charge < -0.3 is 10.2 Å².